The number of Topliss-reactive ketones (excluding diaryl/α,β-unsaturated/α-hetero) is 2. The minimum absolute atomic E-state index is 0.0417. The fourth-order valence-corrected chi connectivity index (χ4v) is 10.4. The molecule has 117 heavy (non-hydrogen) atoms. The number of H-pyrrole nitrogens is 1. The predicted octanol–water partition coefficient (Wildman–Crippen LogP) is 13.0. The van der Waals surface area contributed by atoms with Gasteiger partial charge in [-0.05, 0) is 207 Å². The summed E-state index contributed by atoms with van der Waals surface area (Å²) in [5.74, 6) is 2.56. The molecule has 31 heteroatoms. The number of ether oxygens (including phenoxy) is 7. The van der Waals surface area contributed by atoms with E-state index in [1.54, 1.807) is 109 Å². The number of carboxylic acid groups (broad SMARTS) is 1. The van der Waals surface area contributed by atoms with Crippen LogP contribution in [0.25, 0.3) is 5.53 Å². The summed E-state index contributed by atoms with van der Waals surface area (Å²) in [5.41, 5.74) is 27.6. The van der Waals surface area contributed by atoms with Gasteiger partial charge in [-0.15, -0.1) is 0 Å². The molecular formula is C86H97Br2ClN6O22. The zero-order valence-electron chi connectivity index (χ0n) is 66.0. The third-order valence-corrected chi connectivity index (χ3v) is 16.6. The number of hydrogen-bond acceptors (Lipinski definition) is 24. The smallest absolute Gasteiger partial charge is 0.337 e. The highest BCUT2D eigenvalue weighted by molar-refractivity contribution is 9.10. The maximum absolute atomic E-state index is 11.3. The van der Waals surface area contributed by atoms with Crippen LogP contribution in [-0.4, -0.2) is 169 Å². The number of carbonyl (C=O) groups excluding carboxylic acids is 10. The lowest BCUT2D eigenvalue weighted by Crippen LogP contribution is -2.11. The quantitative estimate of drug-likeness (QED) is 0.00280. The molecule has 8 aromatic rings. The predicted molar refractivity (Wildman–Crippen MR) is 448 cm³/mol. The third kappa shape index (κ3) is 47.4. The van der Waals surface area contributed by atoms with Crippen LogP contribution in [0.5, 0.6) is 0 Å². The number of carbonyl (C=O) groups is 11. The number of aromatic amines is 1. The molecule has 1 heterocycles. The number of nitrogens with one attached hydrogen (secondary N) is 1. The number of methoxy groups -OCH3 is 7. The molecule has 0 aliphatic carbocycles. The third-order valence-electron chi connectivity index (χ3n) is 15.2. The number of nitrogens with zero attached hydrogens (tertiary/aromatic N) is 3. The van der Waals surface area contributed by atoms with E-state index in [4.69, 9.17) is 43.9 Å². The summed E-state index contributed by atoms with van der Waals surface area (Å²) in [6.45, 7) is 0.264. The molecule has 0 atom stereocenters. The minimum Gasteiger partial charge on any atom is -0.481 e. The average Bonchev–Trinajstić information content (AvgIpc) is 0.908. The van der Waals surface area contributed by atoms with Crippen molar-refractivity contribution in [3.8, 4) is 11.8 Å². The number of nitrogens with two attached hydrogens (primary N) is 2. The van der Waals surface area contributed by atoms with E-state index in [-0.39, 0.29) is 95.6 Å². The zero-order valence-corrected chi connectivity index (χ0v) is 69.9. The van der Waals surface area contributed by atoms with Crippen LogP contribution in [0, 0.1) is 11.8 Å². The van der Waals surface area contributed by atoms with Crippen molar-refractivity contribution < 1.29 is 106 Å². The van der Waals surface area contributed by atoms with E-state index in [9.17, 15) is 57.5 Å². The average molecular weight is 1760 g/mol. The van der Waals surface area contributed by atoms with Gasteiger partial charge in [0.15, 0.2) is 0 Å². The molecule has 0 unspecified atom stereocenters. The van der Waals surface area contributed by atoms with Crippen molar-refractivity contribution >= 4 is 126 Å². The van der Waals surface area contributed by atoms with Crippen LogP contribution in [-0.2, 0) is 84.4 Å². The van der Waals surface area contributed by atoms with Gasteiger partial charge >= 0.3 is 54.0 Å². The summed E-state index contributed by atoms with van der Waals surface area (Å²) in [6.07, 6.45) is 10.8. The van der Waals surface area contributed by atoms with Gasteiger partial charge < -0.3 is 65.5 Å². The van der Waals surface area contributed by atoms with Gasteiger partial charge in [0.2, 0.25) is 17.0 Å². The molecule has 624 valence electrons. The van der Waals surface area contributed by atoms with E-state index in [2.05, 4.69) is 91.6 Å². The van der Waals surface area contributed by atoms with Crippen LogP contribution in [0.3, 0.4) is 0 Å². The van der Waals surface area contributed by atoms with Gasteiger partial charge in [-0.1, -0.05) is 116 Å². The number of alkyl halides is 1. The van der Waals surface area contributed by atoms with E-state index in [0.717, 1.165) is 88.7 Å². The van der Waals surface area contributed by atoms with E-state index < -0.39 is 5.97 Å². The van der Waals surface area contributed by atoms with Crippen molar-refractivity contribution in [2.24, 2.45) is 0 Å². The van der Waals surface area contributed by atoms with Crippen molar-refractivity contribution in [2.45, 2.75) is 103 Å². The molecule has 0 saturated carbocycles. The lowest BCUT2D eigenvalue weighted by Gasteiger charge is -2.03. The monoisotopic (exact) mass is 1760 g/mol. The molecule has 7 aromatic carbocycles. The first kappa shape index (κ1) is 103. The SMILES string of the molecule is COC(=O)c1cccc(Br)c1.COC(=O)c1cccc(C#CCCO)c1.COC(=O)c1cccc(CCCC(=O)C=[N+]=[N-])c1.COC(=O)c1cccc(CCCC(=O)CBr)c1.COC(=O)c1cccc(CCCC(=O)Cl)c1.COC(=O)c1cccc(CCCC(=O)O)c1.COC(=O)c1cccc(CCCCO)c1.Nc1cc(=O)[nH]c(N)n1. The Bertz CT molecular complexity index is 4570. The lowest BCUT2D eigenvalue weighted by molar-refractivity contribution is -0.137. The summed E-state index contributed by atoms with van der Waals surface area (Å²) >= 11 is 11.6. The number of aliphatic hydroxyl groups excluding tert-OH is 2. The van der Waals surface area contributed by atoms with Crippen molar-refractivity contribution in [2.75, 3.05) is 79.8 Å². The summed E-state index contributed by atoms with van der Waals surface area (Å²) in [4.78, 5) is 140. The molecule has 28 nitrogen and oxygen atoms in total. The van der Waals surface area contributed by atoms with Crippen LogP contribution in [0.1, 0.15) is 177 Å². The van der Waals surface area contributed by atoms with Crippen molar-refractivity contribution in [1.82, 2.24) is 9.97 Å². The van der Waals surface area contributed by atoms with Gasteiger partial charge in [0.1, 0.15) is 11.6 Å². The number of hydrogen-bond donors (Lipinski definition) is 6. The molecular weight excluding hydrogens is 1660 g/mol. The van der Waals surface area contributed by atoms with Crippen LogP contribution < -0.4 is 17.0 Å². The Morgan fingerprint density at radius 1 is 0.470 bits per heavy atom. The highest BCUT2D eigenvalue weighted by Gasteiger charge is 2.13. The van der Waals surface area contributed by atoms with Crippen LogP contribution in [0.2, 0.25) is 0 Å². The van der Waals surface area contributed by atoms with E-state index in [0.29, 0.717) is 102 Å². The number of nitrogen functional groups attached to an aromatic ring is 2. The molecule has 0 amide bonds. The molecule has 8 rings (SSSR count). The zero-order chi connectivity index (χ0) is 87.3. The minimum atomic E-state index is -0.802. The first-order valence-corrected chi connectivity index (χ1v) is 38.3. The number of aliphatic carboxylic acids is 1. The molecule has 8 N–H and O–H groups in total. The number of halogens is 3. The second-order valence-corrected chi connectivity index (χ2v) is 26.0. The number of esters is 7. The highest BCUT2D eigenvalue weighted by atomic mass is 79.9. The van der Waals surface area contributed by atoms with Crippen molar-refractivity contribution in [1.29, 1.82) is 0 Å². The maximum Gasteiger partial charge on any atom is 0.337 e. The molecule has 0 radical (unpaired) electrons. The molecule has 0 aliphatic heterocycles. The van der Waals surface area contributed by atoms with E-state index >= 15 is 0 Å². The van der Waals surface area contributed by atoms with E-state index in [1.165, 1.54) is 49.8 Å². The van der Waals surface area contributed by atoms with Crippen LogP contribution in [0.15, 0.2) is 185 Å². The molecule has 0 aliphatic rings. The lowest BCUT2D eigenvalue weighted by atomic mass is 10.0. The summed E-state index contributed by atoms with van der Waals surface area (Å²) in [6, 6.07) is 51.1. The first-order chi connectivity index (χ1) is 56.1. The Labute approximate surface area is 700 Å². The Morgan fingerprint density at radius 3 is 1.14 bits per heavy atom. The Morgan fingerprint density at radius 2 is 0.812 bits per heavy atom. The summed E-state index contributed by atoms with van der Waals surface area (Å²) in [7, 11) is 9.46. The topological polar surface area (TPSA) is 447 Å². The number of benzene rings is 7. The van der Waals surface area contributed by atoms with Crippen LogP contribution in [0.4, 0.5) is 11.8 Å². The van der Waals surface area contributed by atoms with Crippen molar-refractivity contribution in [3.63, 3.8) is 0 Å². The summed E-state index contributed by atoms with van der Waals surface area (Å²) in [5, 5.41) is 25.8. The first-order valence-electron chi connectivity index (χ1n) is 36.0. The molecule has 0 spiro atoms. The number of aromatic nitrogens is 2. The Kier molecular flexibility index (Phi) is 54.8. The standard InChI is InChI=1S/C13H15BrO3.C13H14N2O3.C12H13ClO3.C12H14O4.C12H16O3.C12H12O3.C8H7BrO2.C4H6N4O/c1-17-13(16)11-6-2-4-10(8-11)5-3-7-12(15)9-14;1-18-13(17)11-6-2-4-10(8-11)5-3-7-12(16)9-15-14;2*1-16-12(15)10-6-2-4-9(8-10)5-3-7-11(13)14;2*1-15-12(14)11-7-4-6-10(9-11)5-2-3-8-13;1-11-8(10)6-3-2-4-7(9)5-6;5-2-1-3(9)8-4(6)7-2/h2,4,6,8H,3,5,7,9H2,1H3;2,4,6,8-9H,3,5,7H2,1H3;2,4,6,8H,3,5,7H2,1H3;2,4,6,8H,3,5,7H2,1H3,(H,13,14);4,6-7,9,13H,2-3,5,8H2,1H3;4,6-7,9,13H,3,8H2,1H3;2-5H,1H3;1H,(H5,5,6,7,8,9). The van der Waals surface area contributed by atoms with Gasteiger partial charge in [-0.3, -0.25) is 29.0 Å². The Balaban J connectivity index is 0.000000673. The Hall–Kier alpha value is -12.1. The van der Waals surface area contributed by atoms with Gasteiger partial charge in [-0.2, -0.15) is 9.77 Å². The normalized spacial score (nSPS) is 9.61. The fourth-order valence-electron chi connectivity index (χ4n) is 9.62. The van der Waals surface area contributed by atoms with Gasteiger partial charge in [-0.25, -0.2) is 33.6 Å². The molecule has 0 saturated heterocycles. The van der Waals surface area contributed by atoms with Gasteiger partial charge in [0.25, 0.3) is 5.56 Å². The second-order valence-electron chi connectivity index (χ2n) is 24.1. The summed E-state index contributed by atoms with van der Waals surface area (Å²) < 4.78 is 33.1. The largest absolute Gasteiger partial charge is 0.481 e. The van der Waals surface area contributed by atoms with Gasteiger partial charge in [0.05, 0.1) is 101 Å². The second kappa shape index (κ2) is 62.3. The molecule has 1 aromatic heterocycles. The number of carboxylic acids is 1. The maximum atomic E-state index is 11.3. The van der Waals surface area contributed by atoms with Gasteiger partial charge in [0, 0.05) is 54.8 Å². The number of rotatable bonds is 30. The number of aliphatic hydroxyl groups is 2. The van der Waals surface area contributed by atoms with E-state index in [1.807, 2.05) is 60.7 Å². The number of ketones is 2. The van der Waals surface area contributed by atoms with Crippen LogP contribution >= 0.6 is 43.5 Å². The molecule has 0 bridgehead atoms. The number of unbranched alkanes of at least 4 members (excludes halogenated alkanes) is 1. The highest BCUT2D eigenvalue weighted by Crippen LogP contribution is 2.17. The molecule has 0 fully saturated rings. The van der Waals surface area contributed by atoms with Crippen molar-refractivity contribution in [3.05, 3.63) is 269 Å². The number of aryl methyl sites for hydroxylation is 5. The fraction of sp³-hybridized carbons (Fsp3) is 0.302. The number of anilines is 2.